The van der Waals surface area contributed by atoms with Crippen LogP contribution in [-0.2, 0) is 6.42 Å². The monoisotopic (exact) mass is 248 g/mol. The molecule has 1 aromatic rings. The molecule has 3 heteroatoms. The predicted octanol–water partition coefficient (Wildman–Crippen LogP) is 2.11. The van der Waals surface area contributed by atoms with Crippen molar-refractivity contribution in [3.63, 3.8) is 0 Å². The summed E-state index contributed by atoms with van der Waals surface area (Å²) in [5.41, 5.74) is 0.666. The van der Waals surface area contributed by atoms with E-state index >= 15 is 0 Å². The largest absolute Gasteiger partial charge is 0.389 e. The molecule has 0 bridgehead atoms. The molecule has 3 nitrogen and oxygen atoms in total. The summed E-state index contributed by atoms with van der Waals surface area (Å²) < 4.78 is 0. The third kappa shape index (κ3) is 3.79. The molecule has 1 aliphatic rings. The van der Waals surface area contributed by atoms with Gasteiger partial charge >= 0.3 is 0 Å². The summed E-state index contributed by atoms with van der Waals surface area (Å²) >= 11 is 0. The van der Waals surface area contributed by atoms with Crippen LogP contribution in [-0.4, -0.2) is 40.2 Å². The van der Waals surface area contributed by atoms with Crippen molar-refractivity contribution in [2.45, 2.75) is 38.7 Å². The molecule has 0 unspecified atom stereocenters. The Morgan fingerprint density at radius 1 is 1.28 bits per heavy atom. The molecular weight excluding hydrogens is 224 g/mol. The number of rotatable bonds is 4. The second-order valence-electron chi connectivity index (χ2n) is 5.95. The molecule has 0 aromatic carbocycles. The molecule has 1 fully saturated rings. The van der Waals surface area contributed by atoms with Gasteiger partial charge in [-0.1, -0.05) is 13.8 Å². The van der Waals surface area contributed by atoms with Crippen molar-refractivity contribution in [3.05, 3.63) is 30.1 Å². The van der Waals surface area contributed by atoms with E-state index in [1.165, 1.54) is 5.56 Å². The quantitative estimate of drug-likeness (QED) is 0.886. The summed E-state index contributed by atoms with van der Waals surface area (Å²) in [4.78, 5) is 6.48. The molecule has 1 saturated heterocycles. The number of pyridine rings is 1. The van der Waals surface area contributed by atoms with E-state index in [-0.39, 0.29) is 0 Å². The first-order valence-electron chi connectivity index (χ1n) is 6.91. The topological polar surface area (TPSA) is 36.4 Å². The average molecular weight is 248 g/mol. The van der Waals surface area contributed by atoms with Gasteiger partial charge in [0.15, 0.2) is 0 Å². The summed E-state index contributed by atoms with van der Waals surface area (Å²) in [6, 6.07) is 4.00. The number of piperidine rings is 1. The smallest absolute Gasteiger partial charge is 0.0712 e. The minimum absolute atomic E-state index is 0.519. The van der Waals surface area contributed by atoms with Gasteiger partial charge in [-0.3, -0.25) is 4.98 Å². The standard InChI is InChI=1S/C15H24N2O/c1-13(2)12-17-9-5-15(18,6-10-17)11-14-3-7-16-8-4-14/h3-4,7-8,13,18H,5-6,9-12H2,1-2H3. The molecule has 0 aliphatic carbocycles. The SMILES string of the molecule is CC(C)CN1CCC(O)(Cc2ccncc2)CC1. The molecule has 18 heavy (non-hydrogen) atoms. The van der Waals surface area contributed by atoms with E-state index in [0.717, 1.165) is 38.9 Å². The highest BCUT2D eigenvalue weighted by Gasteiger charge is 2.32. The molecule has 2 rings (SSSR count). The Labute approximate surface area is 110 Å². The fraction of sp³-hybridized carbons (Fsp3) is 0.667. The van der Waals surface area contributed by atoms with Crippen LogP contribution in [0.25, 0.3) is 0 Å². The third-order valence-electron chi connectivity index (χ3n) is 3.69. The maximum atomic E-state index is 10.6. The summed E-state index contributed by atoms with van der Waals surface area (Å²) in [5.74, 6) is 0.705. The second-order valence-corrected chi connectivity index (χ2v) is 5.95. The number of aliphatic hydroxyl groups is 1. The molecule has 0 spiro atoms. The van der Waals surface area contributed by atoms with E-state index < -0.39 is 5.60 Å². The molecule has 0 amide bonds. The van der Waals surface area contributed by atoms with E-state index in [4.69, 9.17) is 0 Å². The highest BCUT2D eigenvalue weighted by atomic mass is 16.3. The van der Waals surface area contributed by atoms with Crippen molar-refractivity contribution in [1.82, 2.24) is 9.88 Å². The minimum atomic E-state index is -0.519. The van der Waals surface area contributed by atoms with Crippen LogP contribution >= 0.6 is 0 Å². The Balaban J connectivity index is 1.87. The van der Waals surface area contributed by atoms with Gasteiger partial charge in [0.2, 0.25) is 0 Å². The first-order chi connectivity index (χ1) is 8.57. The van der Waals surface area contributed by atoms with Gasteiger partial charge in [-0.2, -0.15) is 0 Å². The Bertz CT molecular complexity index is 356. The second kappa shape index (κ2) is 5.81. The van der Waals surface area contributed by atoms with Crippen molar-refractivity contribution in [2.75, 3.05) is 19.6 Å². The molecule has 1 aromatic heterocycles. The number of aromatic nitrogens is 1. The number of likely N-dealkylation sites (tertiary alicyclic amines) is 1. The molecule has 0 saturated carbocycles. The number of nitrogens with zero attached hydrogens (tertiary/aromatic N) is 2. The first-order valence-corrected chi connectivity index (χ1v) is 6.91. The molecule has 1 aliphatic heterocycles. The van der Waals surface area contributed by atoms with Gasteiger partial charge in [0.25, 0.3) is 0 Å². The van der Waals surface area contributed by atoms with Crippen LogP contribution in [0.4, 0.5) is 0 Å². The normalized spacial score (nSPS) is 20.2. The van der Waals surface area contributed by atoms with Crippen LogP contribution in [0.15, 0.2) is 24.5 Å². The predicted molar refractivity (Wildman–Crippen MR) is 73.4 cm³/mol. The molecular formula is C15H24N2O. The van der Waals surface area contributed by atoms with Crippen molar-refractivity contribution in [1.29, 1.82) is 0 Å². The Hall–Kier alpha value is -0.930. The first kappa shape index (κ1) is 13.5. The fourth-order valence-corrected chi connectivity index (χ4v) is 2.73. The van der Waals surface area contributed by atoms with Gasteiger partial charge in [0.05, 0.1) is 5.60 Å². The number of hydrogen-bond acceptors (Lipinski definition) is 3. The maximum Gasteiger partial charge on any atom is 0.0712 e. The fourth-order valence-electron chi connectivity index (χ4n) is 2.73. The molecule has 1 N–H and O–H groups in total. The Kier molecular flexibility index (Phi) is 4.36. The number of hydrogen-bond donors (Lipinski definition) is 1. The summed E-state index contributed by atoms with van der Waals surface area (Å²) in [6.45, 7) is 7.67. The third-order valence-corrected chi connectivity index (χ3v) is 3.69. The van der Waals surface area contributed by atoms with E-state index in [1.54, 1.807) is 12.4 Å². The Morgan fingerprint density at radius 2 is 1.89 bits per heavy atom. The van der Waals surface area contributed by atoms with Crippen molar-refractivity contribution < 1.29 is 5.11 Å². The average Bonchev–Trinajstić information content (AvgIpc) is 2.33. The van der Waals surface area contributed by atoms with Crippen LogP contribution < -0.4 is 0 Å². The highest BCUT2D eigenvalue weighted by molar-refractivity contribution is 5.13. The maximum absolute atomic E-state index is 10.6. The minimum Gasteiger partial charge on any atom is -0.389 e. The zero-order valence-electron chi connectivity index (χ0n) is 11.5. The van der Waals surface area contributed by atoms with Crippen LogP contribution in [0.3, 0.4) is 0 Å². The lowest BCUT2D eigenvalue weighted by molar-refractivity contribution is -0.0227. The highest BCUT2D eigenvalue weighted by Crippen LogP contribution is 2.26. The van der Waals surface area contributed by atoms with Gasteiger partial charge in [-0.25, -0.2) is 0 Å². The Morgan fingerprint density at radius 3 is 2.44 bits per heavy atom. The molecule has 2 heterocycles. The van der Waals surface area contributed by atoms with E-state index in [9.17, 15) is 5.11 Å². The zero-order chi connectivity index (χ0) is 13.0. The lowest BCUT2D eigenvalue weighted by Crippen LogP contribution is -2.46. The van der Waals surface area contributed by atoms with Gasteiger partial charge in [-0.15, -0.1) is 0 Å². The summed E-state index contributed by atoms with van der Waals surface area (Å²) in [6.07, 6.45) is 6.11. The van der Waals surface area contributed by atoms with Crippen LogP contribution in [0, 0.1) is 5.92 Å². The van der Waals surface area contributed by atoms with Crippen molar-refractivity contribution in [2.24, 2.45) is 5.92 Å². The lowest BCUT2D eigenvalue weighted by Gasteiger charge is -2.39. The van der Waals surface area contributed by atoms with E-state index in [2.05, 4.69) is 23.7 Å². The molecule has 0 atom stereocenters. The summed E-state index contributed by atoms with van der Waals surface area (Å²) in [5, 5.41) is 10.6. The van der Waals surface area contributed by atoms with Crippen molar-refractivity contribution >= 4 is 0 Å². The van der Waals surface area contributed by atoms with Gasteiger partial charge in [0.1, 0.15) is 0 Å². The van der Waals surface area contributed by atoms with Crippen LogP contribution in [0.2, 0.25) is 0 Å². The van der Waals surface area contributed by atoms with E-state index in [1.807, 2.05) is 12.1 Å². The zero-order valence-corrected chi connectivity index (χ0v) is 11.5. The van der Waals surface area contributed by atoms with Crippen molar-refractivity contribution in [3.8, 4) is 0 Å². The summed E-state index contributed by atoms with van der Waals surface area (Å²) in [7, 11) is 0. The van der Waals surface area contributed by atoms with Gasteiger partial charge in [0, 0.05) is 38.4 Å². The lowest BCUT2D eigenvalue weighted by atomic mass is 9.85. The van der Waals surface area contributed by atoms with Crippen LogP contribution in [0.5, 0.6) is 0 Å². The molecule has 100 valence electrons. The van der Waals surface area contributed by atoms with Gasteiger partial charge in [-0.05, 0) is 36.5 Å². The molecule has 0 radical (unpaired) electrons. The van der Waals surface area contributed by atoms with Crippen LogP contribution in [0.1, 0.15) is 32.3 Å². The van der Waals surface area contributed by atoms with Gasteiger partial charge < -0.3 is 10.0 Å². The van der Waals surface area contributed by atoms with E-state index in [0.29, 0.717) is 5.92 Å².